The maximum absolute atomic E-state index is 13.8. The Balaban J connectivity index is 1.65. The fourth-order valence-electron chi connectivity index (χ4n) is 3.04. The van der Waals surface area contributed by atoms with E-state index in [4.69, 9.17) is 0 Å². The summed E-state index contributed by atoms with van der Waals surface area (Å²) in [6.45, 7) is 0. The second kappa shape index (κ2) is 6.13. The first-order valence-electron chi connectivity index (χ1n) is 7.38. The van der Waals surface area contributed by atoms with Crippen molar-refractivity contribution in [1.82, 2.24) is 10.3 Å². The van der Waals surface area contributed by atoms with Crippen LogP contribution in [0.25, 0.3) is 0 Å². The lowest BCUT2D eigenvalue weighted by molar-refractivity contribution is 0.0932. The molecule has 1 aliphatic rings. The van der Waals surface area contributed by atoms with E-state index < -0.39 is 0 Å². The zero-order chi connectivity index (χ0) is 15.5. The smallest absolute Gasteiger partial charge is 0.268 e. The molecule has 2 atom stereocenters. The Morgan fingerprint density at radius 3 is 2.73 bits per heavy atom. The molecule has 2 unspecified atom stereocenters. The van der Waals surface area contributed by atoms with Crippen LogP contribution in [0, 0.1) is 5.82 Å². The van der Waals surface area contributed by atoms with Crippen LogP contribution in [-0.2, 0) is 0 Å². The van der Waals surface area contributed by atoms with Gasteiger partial charge in [-0.05, 0) is 42.9 Å². The van der Waals surface area contributed by atoms with E-state index in [9.17, 15) is 14.0 Å². The number of halogens is 1. The zero-order valence-corrected chi connectivity index (χ0v) is 12.0. The fourth-order valence-corrected chi connectivity index (χ4v) is 3.04. The highest BCUT2D eigenvalue weighted by Crippen LogP contribution is 2.35. The number of carbonyl (C=O) groups is 1. The van der Waals surface area contributed by atoms with Gasteiger partial charge >= 0.3 is 0 Å². The fraction of sp³-hybridized carbons (Fsp3) is 0.294. The molecule has 1 aliphatic carbocycles. The quantitative estimate of drug-likeness (QED) is 0.915. The third-order valence-corrected chi connectivity index (χ3v) is 4.13. The number of H-pyrrole nitrogens is 1. The highest BCUT2D eigenvalue weighted by Gasteiger charge is 2.28. The second-order valence-corrected chi connectivity index (χ2v) is 5.63. The van der Waals surface area contributed by atoms with Crippen molar-refractivity contribution in [3.63, 3.8) is 0 Å². The van der Waals surface area contributed by atoms with Gasteiger partial charge in [-0.3, -0.25) is 9.59 Å². The van der Waals surface area contributed by atoms with E-state index in [0.717, 1.165) is 12.8 Å². The maximum atomic E-state index is 13.8. The average molecular weight is 300 g/mol. The van der Waals surface area contributed by atoms with Gasteiger partial charge in [0.05, 0.1) is 0 Å². The third-order valence-electron chi connectivity index (χ3n) is 4.13. The van der Waals surface area contributed by atoms with Gasteiger partial charge in [-0.25, -0.2) is 4.39 Å². The molecule has 22 heavy (non-hydrogen) atoms. The number of rotatable bonds is 3. The molecule has 1 saturated carbocycles. The van der Waals surface area contributed by atoms with Gasteiger partial charge in [0.1, 0.15) is 11.5 Å². The van der Waals surface area contributed by atoms with E-state index in [1.165, 1.54) is 12.1 Å². The molecule has 0 spiro atoms. The molecule has 5 heteroatoms. The van der Waals surface area contributed by atoms with Gasteiger partial charge in [0, 0.05) is 12.1 Å². The molecule has 1 heterocycles. The largest absolute Gasteiger partial charge is 0.348 e. The van der Waals surface area contributed by atoms with Crippen LogP contribution in [-0.4, -0.2) is 16.9 Å². The molecule has 0 radical (unpaired) electrons. The molecule has 0 bridgehead atoms. The first-order chi connectivity index (χ1) is 10.6. The standard InChI is InChI=1S/C17H17FN2O2/c18-14-5-2-1-4-13(14)11-8-9-12(10-11)19-17(22)15-6-3-7-16(21)20-15/h1-7,11-12H,8-10H2,(H,19,22)(H,20,21). The molecular weight excluding hydrogens is 283 g/mol. The Bertz CT molecular complexity index is 741. The highest BCUT2D eigenvalue weighted by molar-refractivity contribution is 5.92. The van der Waals surface area contributed by atoms with Crippen molar-refractivity contribution in [2.75, 3.05) is 0 Å². The van der Waals surface area contributed by atoms with Crippen molar-refractivity contribution in [3.05, 3.63) is 69.9 Å². The molecule has 2 N–H and O–H groups in total. The van der Waals surface area contributed by atoms with E-state index in [2.05, 4.69) is 10.3 Å². The van der Waals surface area contributed by atoms with E-state index in [0.29, 0.717) is 12.0 Å². The number of pyridine rings is 1. The summed E-state index contributed by atoms with van der Waals surface area (Å²) < 4.78 is 13.8. The van der Waals surface area contributed by atoms with Gasteiger partial charge in [-0.1, -0.05) is 24.3 Å². The number of benzene rings is 1. The number of amides is 1. The Morgan fingerprint density at radius 2 is 1.95 bits per heavy atom. The number of aromatic amines is 1. The van der Waals surface area contributed by atoms with Crippen LogP contribution in [0.2, 0.25) is 0 Å². The number of hydrogen-bond acceptors (Lipinski definition) is 2. The third kappa shape index (κ3) is 3.08. The summed E-state index contributed by atoms with van der Waals surface area (Å²) in [5.41, 5.74) is 0.664. The van der Waals surface area contributed by atoms with Crippen molar-refractivity contribution in [2.45, 2.75) is 31.2 Å². The van der Waals surface area contributed by atoms with E-state index in [1.807, 2.05) is 6.07 Å². The minimum atomic E-state index is -0.302. The number of carbonyl (C=O) groups excluding carboxylic acids is 1. The van der Waals surface area contributed by atoms with Crippen molar-refractivity contribution >= 4 is 5.91 Å². The van der Waals surface area contributed by atoms with E-state index in [1.54, 1.807) is 24.3 Å². The van der Waals surface area contributed by atoms with Crippen LogP contribution < -0.4 is 10.9 Å². The Morgan fingerprint density at radius 1 is 1.14 bits per heavy atom. The van der Waals surface area contributed by atoms with Crippen molar-refractivity contribution < 1.29 is 9.18 Å². The first kappa shape index (κ1) is 14.5. The van der Waals surface area contributed by atoms with Gasteiger partial charge in [0.2, 0.25) is 5.56 Å². The van der Waals surface area contributed by atoms with E-state index in [-0.39, 0.29) is 34.9 Å². The Hall–Kier alpha value is -2.43. The maximum Gasteiger partial charge on any atom is 0.268 e. The molecule has 114 valence electrons. The van der Waals surface area contributed by atoms with Crippen LogP contribution in [0.5, 0.6) is 0 Å². The first-order valence-corrected chi connectivity index (χ1v) is 7.38. The van der Waals surface area contributed by atoms with Gasteiger partial charge < -0.3 is 10.3 Å². The number of nitrogens with one attached hydrogen (secondary N) is 2. The summed E-state index contributed by atoms with van der Waals surface area (Å²) >= 11 is 0. The van der Waals surface area contributed by atoms with E-state index >= 15 is 0 Å². The molecular formula is C17H17FN2O2. The minimum Gasteiger partial charge on any atom is -0.348 e. The molecule has 1 aromatic carbocycles. The van der Waals surface area contributed by atoms with Crippen LogP contribution >= 0.6 is 0 Å². The second-order valence-electron chi connectivity index (χ2n) is 5.63. The summed E-state index contributed by atoms with van der Waals surface area (Å²) in [4.78, 5) is 25.8. The van der Waals surface area contributed by atoms with Crippen molar-refractivity contribution in [3.8, 4) is 0 Å². The van der Waals surface area contributed by atoms with Crippen LogP contribution in [0.15, 0.2) is 47.3 Å². The average Bonchev–Trinajstić information content (AvgIpc) is 2.96. The van der Waals surface area contributed by atoms with Gasteiger partial charge in [-0.15, -0.1) is 0 Å². The van der Waals surface area contributed by atoms with Crippen LogP contribution in [0.3, 0.4) is 0 Å². The monoisotopic (exact) mass is 300 g/mol. The Labute approximate surface area is 127 Å². The molecule has 0 saturated heterocycles. The molecule has 4 nitrogen and oxygen atoms in total. The molecule has 2 aromatic rings. The molecule has 0 aliphatic heterocycles. The SMILES string of the molecule is O=C(NC1CCC(c2ccccc2F)C1)c1cccc(=O)[nH]1. The predicted molar refractivity (Wildman–Crippen MR) is 81.3 cm³/mol. The van der Waals surface area contributed by atoms with Crippen molar-refractivity contribution in [1.29, 1.82) is 0 Å². The minimum absolute atomic E-state index is 0.000754. The van der Waals surface area contributed by atoms with Crippen LogP contribution in [0.1, 0.15) is 41.2 Å². The predicted octanol–water partition coefficient (Wildman–Crippen LogP) is 2.58. The Kier molecular flexibility index (Phi) is 4.04. The van der Waals surface area contributed by atoms with Gasteiger partial charge in [0.15, 0.2) is 0 Å². The molecule has 1 aromatic heterocycles. The number of hydrogen-bond donors (Lipinski definition) is 2. The zero-order valence-electron chi connectivity index (χ0n) is 12.0. The lowest BCUT2D eigenvalue weighted by atomic mass is 9.97. The number of aromatic nitrogens is 1. The van der Waals surface area contributed by atoms with Gasteiger partial charge in [0.25, 0.3) is 5.91 Å². The molecule has 1 fully saturated rings. The summed E-state index contributed by atoms with van der Waals surface area (Å²) in [5.74, 6) is -0.356. The summed E-state index contributed by atoms with van der Waals surface area (Å²) in [7, 11) is 0. The van der Waals surface area contributed by atoms with Gasteiger partial charge in [-0.2, -0.15) is 0 Å². The molecule has 3 rings (SSSR count). The van der Waals surface area contributed by atoms with Crippen LogP contribution in [0.4, 0.5) is 4.39 Å². The molecule has 1 amide bonds. The lowest BCUT2D eigenvalue weighted by Crippen LogP contribution is -2.34. The highest BCUT2D eigenvalue weighted by atomic mass is 19.1. The lowest BCUT2D eigenvalue weighted by Gasteiger charge is -2.14. The topological polar surface area (TPSA) is 62.0 Å². The summed E-state index contributed by atoms with van der Waals surface area (Å²) in [6, 6.07) is 11.3. The summed E-state index contributed by atoms with van der Waals surface area (Å²) in [5, 5.41) is 2.91. The summed E-state index contributed by atoms with van der Waals surface area (Å²) in [6.07, 6.45) is 2.36. The van der Waals surface area contributed by atoms with Crippen molar-refractivity contribution in [2.24, 2.45) is 0 Å². The normalized spacial score (nSPS) is 20.8.